The Morgan fingerprint density at radius 2 is 2.12 bits per heavy atom. The van der Waals surface area contributed by atoms with E-state index in [1.807, 2.05) is 13.8 Å². The van der Waals surface area contributed by atoms with Crippen LogP contribution < -0.4 is 0 Å². The van der Waals surface area contributed by atoms with Crippen LogP contribution in [0.25, 0.3) is 0 Å². The molecular formula is C20H26O5. The van der Waals surface area contributed by atoms with Gasteiger partial charge in [0.25, 0.3) is 0 Å². The van der Waals surface area contributed by atoms with Crippen molar-refractivity contribution in [3.8, 4) is 0 Å². The van der Waals surface area contributed by atoms with Crippen molar-refractivity contribution in [1.82, 2.24) is 0 Å². The van der Waals surface area contributed by atoms with Crippen LogP contribution in [-0.2, 0) is 23.8 Å². The Balaban J connectivity index is 1.67. The van der Waals surface area contributed by atoms with Gasteiger partial charge in [-0.3, -0.25) is 4.79 Å². The lowest BCUT2D eigenvalue weighted by molar-refractivity contribution is -0.168. The predicted molar refractivity (Wildman–Crippen MR) is 90.5 cm³/mol. The van der Waals surface area contributed by atoms with Crippen LogP contribution in [0.1, 0.15) is 40.5 Å². The Bertz CT molecular complexity index is 680. The average molecular weight is 346 g/mol. The highest BCUT2D eigenvalue weighted by Gasteiger charge is 2.69. The molecule has 0 amide bonds. The molecule has 0 N–H and O–H groups in total. The highest BCUT2D eigenvalue weighted by molar-refractivity contribution is 5.87. The topological polar surface area (TPSA) is 65.1 Å². The molecule has 2 aliphatic heterocycles. The van der Waals surface area contributed by atoms with E-state index in [1.54, 1.807) is 13.0 Å². The van der Waals surface area contributed by atoms with Gasteiger partial charge in [-0.05, 0) is 32.3 Å². The minimum atomic E-state index is -0.328. The number of fused-ring (bicyclic) bond motifs is 4. The molecule has 4 rings (SSSR count). The van der Waals surface area contributed by atoms with Crippen molar-refractivity contribution in [1.29, 1.82) is 0 Å². The molecule has 4 fully saturated rings. The summed E-state index contributed by atoms with van der Waals surface area (Å²) in [6, 6.07) is 0. The standard InChI is InChI=1S/C20H26O5/c1-6-9(2)18(21)25-17-16-14(23-16)11(4)13-15-12(7-8-20(13,17)5)10(3)19(22)24-15/h6,10,12-17H,4,7-8H2,1-3,5H3/t10-,12+,13-,14-,15+,16-,17-,20-/m1/s1. The molecule has 2 heterocycles. The van der Waals surface area contributed by atoms with E-state index in [9.17, 15) is 9.59 Å². The predicted octanol–water partition coefficient (Wildman–Crippen LogP) is 2.80. The molecule has 2 saturated carbocycles. The fraction of sp³-hybridized carbons (Fsp3) is 0.700. The van der Waals surface area contributed by atoms with Gasteiger partial charge >= 0.3 is 11.9 Å². The van der Waals surface area contributed by atoms with Crippen LogP contribution in [0, 0.1) is 23.2 Å². The first-order valence-electron chi connectivity index (χ1n) is 9.18. The average Bonchev–Trinajstić information content (AvgIpc) is 3.32. The molecule has 8 atom stereocenters. The summed E-state index contributed by atoms with van der Waals surface area (Å²) in [5.41, 5.74) is 1.28. The van der Waals surface area contributed by atoms with Crippen LogP contribution in [0.5, 0.6) is 0 Å². The maximum Gasteiger partial charge on any atom is 0.333 e. The third kappa shape index (κ3) is 2.24. The van der Waals surface area contributed by atoms with E-state index in [0.717, 1.165) is 18.4 Å². The number of esters is 2. The lowest BCUT2D eigenvalue weighted by Crippen LogP contribution is -2.57. The van der Waals surface area contributed by atoms with Crippen LogP contribution >= 0.6 is 0 Å². The molecule has 25 heavy (non-hydrogen) atoms. The molecule has 0 unspecified atom stereocenters. The molecular weight excluding hydrogens is 320 g/mol. The van der Waals surface area contributed by atoms with Crippen molar-refractivity contribution in [3.63, 3.8) is 0 Å². The van der Waals surface area contributed by atoms with E-state index in [4.69, 9.17) is 14.2 Å². The first-order valence-corrected chi connectivity index (χ1v) is 9.18. The van der Waals surface area contributed by atoms with Gasteiger partial charge in [-0.2, -0.15) is 0 Å². The van der Waals surface area contributed by atoms with Crippen molar-refractivity contribution in [2.75, 3.05) is 0 Å². The van der Waals surface area contributed by atoms with Gasteiger partial charge < -0.3 is 14.2 Å². The summed E-state index contributed by atoms with van der Waals surface area (Å²) >= 11 is 0. The van der Waals surface area contributed by atoms with Crippen LogP contribution in [0.15, 0.2) is 23.8 Å². The minimum absolute atomic E-state index is 0.0207. The van der Waals surface area contributed by atoms with Crippen LogP contribution in [0.4, 0.5) is 0 Å². The number of hydrogen-bond donors (Lipinski definition) is 0. The summed E-state index contributed by atoms with van der Waals surface area (Å²) in [4.78, 5) is 24.5. The second kappa shape index (κ2) is 5.44. The van der Waals surface area contributed by atoms with Gasteiger partial charge in [0.2, 0.25) is 0 Å². The molecule has 0 bridgehead atoms. The normalized spacial score (nSPS) is 48.2. The molecule has 0 aromatic heterocycles. The summed E-state index contributed by atoms with van der Waals surface area (Å²) in [5.74, 6) is -0.303. The molecule has 2 aliphatic carbocycles. The van der Waals surface area contributed by atoms with Crippen molar-refractivity contribution in [2.45, 2.75) is 65.0 Å². The lowest BCUT2D eigenvalue weighted by atomic mass is 9.54. The molecule has 0 radical (unpaired) electrons. The summed E-state index contributed by atoms with van der Waals surface area (Å²) in [5, 5.41) is 0. The lowest BCUT2D eigenvalue weighted by Gasteiger charge is -2.52. The fourth-order valence-corrected chi connectivity index (χ4v) is 5.21. The zero-order chi connectivity index (χ0) is 18.1. The third-order valence-corrected chi connectivity index (χ3v) is 6.97. The Hall–Kier alpha value is -1.62. The number of epoxide rings is 1. The van der Waals surface area contributed by atoms with E-state index in [1.165, 1.54) is 0 Å². The highest BCUT2D eigenvalue weighted by Crippen LogP contribution is 2.62. The van der Waals surface area contributed by atoms with Crippen molar-refractivity contribution < 1.29 is 23.8 Å². The summed E-state index contributed by atoms with van der Waals surface area (Å²) in [7, 11) is 0. The number of rotatable bonds is 2. The largest absolute Gasteiger partial charge is 0.461 e. The second-order valence-electron chi connectivity index (χ2n) is 8.27. The molecule has 0 aromatic carbocycles. The number of allylic oxidation sites excluding steroid dienone is 1. The summed E-state index contributed by atoms with van der Waals surface area (Å²) in [6.07, 6.45) is 2.81. The zero-order valence-corrected chi connectivity index (χ0v) is 15.3. The first kappa shape index (κ1) is 16.8. The van der Waals surface area contributed by atoms with E-state index >= 15 is 0 Å². The Morgan fingerprint density at radius 3 is 2.80 bits per heavy atom. The van der Waals surface area contributed by atoms with E-state index in [2.05, 4.69) is 13.5 Å². The van der Waals surface area contributed by atoms with Gasteiger partial charge in [-0.1, -0.05) is 26.5 Å². The van der Waals surface area contributed by atoms with Crippen molar-refractivity contribution in [3.05, 3.63) is 23.8 Å². The van der Waals surface area contributed by atoms with Crippen LogP contribution in [-0.4, -0.2) is 36.4 Å². The fourth-order valence-electron chi connectivity index (χ4n) is 5.21. The van der Waals surface area contributed by atoms with Crippen LogP contribution in [0.2, 0.25) is 0 Å². The number of carbonyl (C=O) groups is 2. The molecule has 2 saturated heterocycles. The summed E-state index contributed by atoms with van der Waals surface area (Å²) in [6.45, 7) is 11.9. The number of ether oxygens (including phenoxy) is 3. The monoisotopic (exact) mass is 346 g/mol. The molecule has 0 spiro atoms. The maximum absolute atomic E-state index is 12.4. The SMILES string of the molecule is C=C1[C@H]2O[C@H]2[C@@H](OC(=O)C(C)=CC)[C@]2(C)CC[C@@H]3[C@H](OC(=O)[C@@H]3C)[C@@H]12. The van der Waals surface area contributed by atoms with Gasteiger partial charge in [0.05, 0.1) is 5.92 Å². The highest BCUT2D eigenvalue weighted by atomic mass is 16.6. The smallest absolute Gasteiger partial charge is 0.333 e. The van der Waals surface area contributed by atoms with Gasteiger partial charge in [0.1, 0.15) is 24.4 Å². The van der Waals surface area contributed by atoms with Crippen molar-refractivity contribution >= 4 is 11.9 Å². The Morgan fingerprint density at radius 1 is 1.40 bits per heavy atom. The quantitative estimate of drug-likeness (QED) is 0.333. The molecule has 5 nitrogen and oxygen atoms in total. The first-order chi connectivity index (χ1) is 11.8. The van der Waals surface area contributed by atoms with Gasteiger partial charge in [0, 0.05) is 22.8 Å². The summed E-state index contributed by atoms with van der Waals surface area (Å²) < 4.78 is 17.5. The Kier molecular flexibility index (Phi) is 3.66. The zero-order valence-electron chi connectivity index (χ0n) is 15.3. The maximum atomic E-state index is 12.4. The molecule has 4 aliphatic rings. The number of carbonyl (C=O) groups excluding carboxylic acids is 2. The second-order valence-corrected chi connectivity index (χ2v) is 8.27. The van der Waals surface area contributed by atoms with Gasteiger partial charge in [0.15, 0.2) is 0 Å². The third-order valence-electron chi connectivity index (χ3n) is 6.97. The number of hydrogen-bond acceptors (Lipinski definition) is 5. The van der Waals surface area contributed by atoms with Crippen LogP contribution in [0.3, 0.4) is 0 Å². The Labute approximate surface area is 148 Å². The van der Waals surface area contributed by atoms with Gasteiger partial charge in [-0.15, -0.1) is 0 Å². The van der Waals surface area contributed by atoms with E-state index in [-0.39, 0.29) is 59.5 Å². The minimum Gasteiger partial charge on any atom is -0.461 e. The van der Waals surface area contributed by atoms with Gasteiger partial charge in [-0.25, -0.2) is 4.79 Å². The molecule has 0 aromatic rings. The van der Waals surface area contributed by atoms with Crippen molar-refractivity contribution in [2.24, 2.45) is 23.2 Å². The van der Waals surface area contributed by atoms with E-state index < -0.39 is 0 Å². The van der Waals surface area contributed by atoms with E-state index in [0.29, 0.717) is 5.57 Å². The molecule has 5 heteroatoms. The molecule has 136 valence electrons.